The van der Waals surface area contributed by atoms with Gasteiger partial charge in [0.15, 0.2) is 5.11 Å². The summed E-state index contributed by atoms with van der Waals surface area (Å²) in [5, 5.41) is 6.22. The lowest BCUT2D eigenvalue weighted by Crippen LogP contribution is -2.38. The quantitative estimate of drug-likeness (QED) is 0.790. The summed E-state index contributed by atoms with van der Waals surface area (Å²) < 4.78 is 5.79. The third-order valence-corrected chi connectivity index (χ3v) is 4.42. The number of benzene rings is 1. The molecule has 1 unspecified atom stereocenters. The van der Waals surface area contributed by atoms with Crippen LogP contribution in [0.5, 0.6) is 5.75 Å². The maximum Gasteiger partial charge on any atom is 0.229 e. The Bertz CT molecular complexity index is 542. The molecule has 4 nitrogen and oxygen atoms in total. The zero-order valence-corrected chi connectivity index (χ0v) is 14.7. The lowest BCUT2D eigenvalue weighted by atomic mass is 9.89. The van der Waals surface area contributed by atoms with Crippen LogP contribution in [0.25, 0.3) is 0 Å². The fourth-order valence-corrected chi connectivity index (χ4v) is 2.92. The van der Waals surface area contributed by atoms with Crippen LogP contribution in [-0.2, 0) is 4.79 Å². The largest absolute Gasteiger partial charge is 0.491 e. The van der Waals surface area contributed by atoms with Crippen molar-refractivity contribution in [2.45, 2.75) is 58.5 Å². The first-order chi connectivity index (χ1) is 11.1. The van der Waals surface area contributed by atoms with Gasteiger partial charge in [-0.05, 0) is 50.5 Å². The number of thiocarbonyl (C=S) groups is 1. The maximum absolute atomic E-state index is 12.2. The molecule has 23 heavy (non-hydrogen) atoms. The molecule has 0 saturated heterocycles. The van der Waals surface area contributed by atoms with E-state index in [0.29, 0.717) is 5.11 Å². The van der Waals surface area contributed by atoms with Gasteiger partial charge in [-0.25, -0.2) is 0 Å². The minimum absolute atomic E-state index is 0.0363. The van der Waals surface area contributed by atoms with E-state index in [0.717, 1.165) is 43.5 Å². The fraction of sp³-hybridized carbons (Fsp3) is 0.556. The lowest BCUT2D eigenvalue weighted by Gasteiger charge is -2.21. The Balaban J connectivity index is 1.87. The molecule has 1 aromatic rings. The normalized spacial score (nSPS) is 16.4. The average molecular weight is 334 g/mol. The van der Waals surface area contributed by atoms with Crippen LogP contribution in [0.3, 0.4) is 0 Å². The number of hydrogen-bond donors (Lipinski definition) is 2. The highest BCUT2D eigenvalue weighted by Gasteiger charge is 2.21. The molecule has 0 aliphatic heterocycles. The number of carbonyl (C=O) groups is 1. The summed E-state index contributed by atoms with van der Waals surface area (Å²) in [7, 11) is 0. The molecular weight excluding hydrogens is 308 g/mol. The minimum atomic E-state index is 0.0363. The van der Waals surface area contributed by atoms with Gasteiger partial charge in [0.25, 0.3) is 0 Å². The Morgan fingerprint density at radius 2 is 2.09 bits per heavy atom. The standard InChI is InChI=1S/C18H26N2O2S/c1-3-13(2)22-16-11-7-10-15(12-16)19-18(23)20-17(21)14-8-5-4-6-9-14/h7,10-14H,3-6,8-9H2,1-2H3,(H2,19,20,21,23). The van der Waals surface area contributed by atoms with Gasteiger partial charge in [-0.15, -0.1) is 0 Å². The molecule has 1 amide bonds. The van der Waals surface area contributed by atoms with Crippen molar-refractivity contribution in [1.82, 2.24) is 5.32 Å². The molecule has 2 N–H and O–H groups in total. The van der Waals surface area contributed by atoms with Gasteiger partial charge in [-0.3, -0.25) is 4.79 Å². The molecule has 1 fully saturated rings. The second-order valence-electron chi connectivity index (χ2n) is 6.14. The number of hydrogen-bond acceptors (Lipinski definition) is 3. The van der Waals surface area contributed by atoms with Gasteiger partial charge < -0.3 is 15.4 Å². The van der Waals surface area contributed by atoms with Crippen LogP contribution in [0.2, 0.25) is 0 Å². The topological polar surface area (TPSA) is 50.4 Å². The summed E-state index contributed by atoms with van der Waals surface area (Å²) >= 11 is 5.25. The molecule has 0 spiro atoms. The summed E-state index contributed by atoms with van der Waals surface area (Å²) in [6.45, 7) is 4.12. The Morgan fingerprint density at radius 1 is 1.35 bits per heavy atom. The predicted octanol–water partition coefficient (Wildman–Crippen LogP) is 4.26. The lowest BCUT2D eigenvalue weighted by molar-refractivity contribution is -0.124. The predicted molar refractivity (Wildman–Crippen MR) is 97.8 cm³/mol. The molecule has 0 bridgehead atoms. The third kappa shape index (κ3) is 5.82. The Kier molecular flexibility index (Phi) is 6.84. The first kappa shape index (κ1) is 17.7. The highest BCUT2D eigenvalue weighted by Crippen LogP contribution is 2.24. The van der Waals surface area contributed by atoms with Crippen molar-refractivity contribution in [1.29, 1.82) is 0 Å². The van der Waals surface area contributed by atoms with Crippen LogP contribution in [-0.4, -0.2) is 17.1 Å². The SMILES string of the molecule is CCC(C)Oc1cccc(NC(=S)NC(=O)C2CCCCC2)c1. The Morgan fingerprint density at radius 3 is 2.78 bits per heavy atom. The summed E-state index contributed by atoms with van der Waals surface area (Å²) in [5.41, 5.74) is 0.819. The van der Waals surface area contributed by atoms with E-state index in [1.807, 2.05) is 31.2 Å². The highest BCUT2D eigenvalue weighted by atomic mass is 32.1. The number of amides is 1. The number of carbonyl (C=O) groups excluding carboxylic acids is 1. The van der Waals surface area contributed by atoms with Crippen LogP contribution in [0, 0.1) is 5.92 Å². The van der Waals surface area contributed by atoms with E-state index in [1.165, 1.54) is 6.42 Å². The van der Waals surface area contributed by atoms with E-state index in [9.17, 15) is 4.79 Å². The van der Waals surface area contributed by atoms with Gasteiger partial charge in [-0.2, -0.15) is 0 Å². The van der Waals surface area contributed by atoms with Gasteiger partial charge in [-0.1, -0.05) is 32.3 Å². The van der Waals surface area contributed by atoms with Crippen molar-refractivity contribution >= 4 is 28.9 Å². The summed E-state index contributed by atoms with van der Waals surface area (Å²) in [5.74, 6) is 0.934. The minimum Gasteiger partial charge on any atom is -0.491 e. The number of ether oxygens (including phenoxy) is 1. The van der Waals surface area contributed by atoms with E-state index in [1.54, 1.807) is 0 Å². The van der Waals surface area contributed by atoms with Crippen molar-refractivity contribution in [2.24, 2.45) is 5.92 Å². The summed E-state index contributed by atoms with van der Waals surface area (Å²) in [4.78, 5) is 12.2. The molecular formula is C18H26N2O2S. The fourth-order valence-electron chi connectivity index (χ4n) is 2.70. The molecule has 126 valence electrons. The Labute approximate surface area is 144 Å². The van der Waals surface area contributed by atoms with Crippen LogP contribution in [0.15, 0.2) is 24.3 Å². The number of nitrogens with one attached hydrogen (secondary N) is 2. The van der Waals surface area contributed by atoms with E-state index < -0.39 is 0 Å². The van der Waals surface area contributed by atoms with Crippen molar-refractivity contribution in [3.05, 3.63) is 24.3 Å². The van der Waals surface area contributed by atoms with Gasteiger partial charge in [0.2, 0.25) is 5.91 Å². The van der Waals surface area contributed by atoms with Crippen LogP contribution < -0.4 is 15.4 Å². The van der Waals surface area contributed by atoms with E-state index in [-0.39, 0.29) is 17.9 Å². The number of rotatable bonds is 5. The van der Waals surface area contributed by atoms with E-state index in [4.69, 9.17) is 17.0 Å². The molecule has 0 heterocycles. The highest BCUT2D eigenvalue weighted by molar-refractivity contribution is 7.80. The summed E-state index contributed by atoms with van der Waals surface area (Å²) in [6.07, 6.45) is 6.55. The zero-order chi connectivity index (χ0) is 16.7. The van der Waals surface area contributed by atoms with Crippen molar-refractivity contribution in [2.75, 3.05) is 5.32 Å². The molecule has 1 saturated carbocycles. The average Bonchev–Trinajstić information content (AvgIpc) is 2.55. The molecule has 1 aliphatic carbocycles. The van der Waals surface area contributed by atoms with Crippen molar-refractivity contribution in [3.8, 4) is 5.75 Å². The first-order valence-electron chi connectivity index (χ1n) is 8.47. The monoisotopic (exact) mass is 334 g/mol. The second kappa shape index (κ2) is 8.87. The van der Waals surface area contributed by atoms with Gasteiger partial charge >= 0.3 is 0 Å². The zero-order valence-electron chi connectivity index (χ0n) is 13.9. The molecule has 2 rings (SSSR count). The maximum atomic E-state index is 12.2. The van der Waals surface area contributed by atoms with E-state index >= 15 is 0 Å². The molecule has 1 aliphatic rings. The van der Waals surface area contributed by atoms with Crippen LogP contribution in [0.1, 0.15) is 52.4 Å². The smallest absolute Gasteiger partial charge is 0.229 e. The Hall–Kier alpha value is -1.62. The molecule has 1 aromatic carbocycles. The molecule has 0 radical (unpaired) electrons. The van der Waals surface area contributed by atoms with Crippen LogP contribution in [0.4, 0.5) is 5.69 Å². The van der Waals surface area contributed by atoms with E-state index in [2.05, 4.69) is 17.6 Å². The van der Waals surface area contributed by atoms with Crippen LogP contribution >= 0.6 is 12.2 Å². The summed E-state index contributed by atoms with van der Waals surface area (Å²) in [6, 6.07) is 7.63. The molecule has 0 aromatic heterocycles. The van der Waals surface area contributed by atoms with Gasteiger partial charge in [0.1, 0.15) is 5.75 Å². The van der Waals surface area contributed by atoms with Crippen molar-refractivity contribution in [3.63, 3.8) is 0 Å². The molecule has 1 atom stereocenters. The van der Waals surface area contributed by atoms with Gasteiger partial charge in [0, 0.05) is 17.7 Å². The third-order valence-electron chi connectivity index (χ3n) is 4.22. The van der Waals surface area contributed by atoms with Crippen molar-refractivity contribution < 1.29 is 9.53 Å². The molecule has 5 heteroatoms. The van der Waals surface area contributed by atoms with Gasteiger partial charge in [0.05, 0.1) is 6.10 Å². The first-order valence-corrected chi connectivity index (χ1v) is 8.88. The number of anilines is 1. The second-order valence-corrected chi connectivity index (χ2v) is 6.55.